The molecule has 0 aliphatic heterocycles. The summed E-state index contributed by atoms with van der Waals surface area (Å²) in [6.07, 6.45) is -3.57. The standard InChI is InChI=1S/C8H11F3O/c1-6(2)12-7(4-3-5-7)8(9,10)11/h1,3-5H2,2H3. The van der Waals surface area contributed by atoms with Crippen LogP contribution in [0.5, 0.6) is 0 Å². The predicted octanol–water partition coefficient (Wildman–Crippen LogP) is 3.02. The maximum atomic E-state index is 12.4. The zero-order chi connectivity index (χ0) is 9.41. The van der Waals surface area contributed by atoms with Crippen LogP contribution in [0.1, 0.15) is 26.2 Å². The number of hydrogen-bond donors (Lipinski definition) is 0. The molecule has 1 aliphatic rings. The van der Waals surface area contributed by atoms with E-state index in [2.05, 4.69) is 6.58 Å². The van der Waals surface area contributed by atoms with Crippen LogP contribution in [0.15, 0.2) is 12.3 Å². The predicted molar refractivity (Wildman–Crippen MR) is 38.5 cm³/mol. The normalized spacial score (nSPS) is 21.3. The van der Waals surface area contributed by atoms with E-state index in [1.54, 1.807) is 0 Å². The number of allylic oxidation sites excluding steroid dienone is 1. The lowest BCUT2D eigenvalue weighted by Crippen LogP contribution is -2.52. The van der Waals surface area contributed by atoms with Crippen molar-refractivity contribution >= 4 is 0 Å². The Bertz CT molecular complexity index is 191. The molecule has 0 radical (unpaired) electrons. The fourth-order valence-electron chi connectivity index (χ4n) is 1.27. The Kier molecular flexibility index (Phi) is 2.10. The lowest BCUT2D eigenvalue weighted by Gasteiger charge is -2.42. The molecule has 4 heteroatoms. The molecule has 0 aromatic carbocycles. The highest BCUT2D eigenvalue weighted by molar-refractivity contribution is 4.99. The molecule has 0 bridgehead atoms. The first kappa shape index (κ1) is 9.42. The van der Waals surface area contributed by atoms with E-state index in [9.17, 15) is 13.2 Å². The molecular weight excluding hydrogens is 169 g/mol. The van der Waals surface area contributed by atoms with Crippen molar-refractivity contribution in [1.29, 1.82) is 0 Å². The van der Waals surface area contributed by atoms with E-state index in [1.165, 1.54) is 6.92 Å². The van der Waals surface area contributed by atoms with Gasteiger partial charge in [0.15, 0.2) is 0 Å². The second kappa shape index (κ2) is 2.68. The molecule has 0 unspecified atom stereocenters. The highest BCUT2D eigenvalue weighted by Crippen LogP contribution is 2.48. The first-order valence-corrected chi connectivity index (χ1v) is 3.79. The van der Waals surface area contributed by atoms with Gasteiger partial charge in [-0.05, 0) is 26.2 Å². The maximum absolute atomic E-state index is 12.4. The largest absolute Gasteiger partial charge is 0.483 e. The maximum Gasteiger partial charge on any atom is 0.428 e. The SMILES string of the molecule is C=C(C)OC1(C(F)(F)F)CCC1. The third kappa shape index (κ3) is 1.42. The summed E-state index contributed by atoms with van der Waals surface area (Å²) in [6, 6.07) is 0. The van der Waals surface area contributed by atoms with E-state index < -0.39 is 11.8 Å². The highest BCUT2D eigenvalue weighted by Gasteiger charge is 2.60. The van der Waals surface area contributed by atoms with E-state index >= 15 is 0 Å². The summed E-state index contributed by atoms with van der Waals surface area (Å²) in [5, 5.41) is 0. The molecule has 1 aliphatic carbocycles. The Morgan fingerprint density at radius 3 is 2.00 bits per heavy atom. The van der Waals surface area contributed by atoms with Crippen molar-refractivity contribution in [3.05, 3.63) is 12.3 Å². The first-order chi connectivity index (χ1) is 5.37. The van der Waals surface area contributed by atoms with Gasteiger partial charge in [0.2, 0.25) is 5.60 Å². The third-order valence-corrected chi connectivity index (χ3v) is 2.05. The lowest BCUT2D eigenvalue weighted by molar-refractivity contribution is -0.291. The molecule has 0 aromatic heterocycles. The van der Waals surface area contributed by atoms with Gasteiger partial charge >= 0.3 is 6.18 Å². The second-order valence-corrected chi connectivity index (χ2v) is 3.15. The smallest absolute Gasteiger partial charge is 0.428 e. The Morgan fingerprint density at radius 2 is 1.92 bits per heavy atom. The van der Waals surface area contributed by atoms with Gasteiger partial charge in [0.1, 0.15) is 0 Å². The third-order valence-electron chi connectivity index (χ3n) is 2.05. The molecule has 0 atom stereocenters. The van der Waals surface area contributed by atoms with Crippen LogP contribution in [0, 0.1) is 0 Å². The minimum absolute atomic E-state index is 0.0589. The average Bonchev–Trinajstić information content (AvgIpc) is 1.74. The van der Waals surface area contributed by atoms with Crippen LogP contribution < -0.4 is 0 Å². The summed E-state index contributed by atoms with van der Waals surface area (Å²) >= 11 is 0. The molecule has 0 aromatic rings. The van der Waals surface area contributed by atoms with Crippen molar-refractivity contribution in [3.63, 3.8) is 0 Å². The molecule has 0 amide bonds. The lowest BCUT2D eigenvalue weighted by atomic mass is 9.79. The molecule has 1 saturated carbocycles. The quantitative estimate of drug-likeness (QED) is 0.593. The number of alkyl halides is 3. The summed E-state index contributed by atoms with van der Waals surface area (Å²) < 4.78 is 41.8. The monoisotopic (exact) mass is 180 g/mol. The van der Waals surface area contributed by atoms with Crippen molar-refractivity contribution in [2.24, 2.45) is 0 Å². The molecular formula is C8H11F3O. The van der Waals surface area contributed by atoms with Crippen molar-refractivity contribution in [2.45, 2.75) is 38.0 Å². The van der Waals surface area contributed by atoms with Crippen LogP contribution in [-0.2, 0) is 4.74 Å². The molecule has 1 rings (SSSR count). The molecule has 0 saturated heterocycles. The molecule has 70 valence electrons. The Balaban J connectivity index is 2.70. The number of hydrogen-bond acceptors (Lipinski definition) is 1. The summed E-state index contributed by atoms with van der Waals surface area (Å²) in [5.41, 5.74) is -1.92. The van der Waals surface area contributed by atoms with Crippen molar-refractivity contribution < 1.29 is 17.9 Å². The van der Waals surface area contributed by atoms with E-state index in [0.29, 0.717) is 6.42 Å². The Morgan fingerprint density at radius 1 is 1.42 bits per heavy atom. The van der Waals surface area contributed by atoms with E-state index in [0.717, 1.165) is 0 Å². The number of halogens is 3. The molecule has 0 N–H and O–H groups in total. The summed E-state index contributed by atoms with van der Waals surface area (Å²) in [4.78, 5) is 0. The Hall–Kier alpha value is -0.670. The van der Waals surface area contributed by atoms with Gasteiger partial charge in [0.05, 0.1) is 5.76 Å². The summed E-state index contributed by atoms with van der Waals surface area (Å²) in [6.45, 7) is 4.75. The van der Waals surface area contributed by atoms with E-state index in [-0.39, 0.29) is 18.6 Å². The summed E-state index contributed by atoms with van der Waals surface area (Å²) in [7, 11) is 0. The molecule has 0 spiro atoms. The second-order valence-electron chi connectivity index (χ2n) is 3.15. The zero-order valence-corrected chi connectivity index (χ0v) is 6.87. The fourth-order valence-corrected chi connectivity index (χ4v) is 1.27. The number of rotatable bonds is 2. The van der Waals surface area contributed by atoms with Gasteiger partial charge in [-0.2, -0.15) is 13.2 Å². The average molecular weight is 180 g/mol. The molecule has 12 heavy (non-hydrogen) atoms. The summed E-state index contributed by atoms with van der Waals surface area (Å²) in [5.74, 6) is 0.132. The van der Waals surface area contributed by atoms with Crippen LogP contribution in [0.4, 0.5) is 13.2 Å². The molecule has 1 nitrogen and oxygen atoms in total. The minimum Gasteiger partial charge on any atom is -0.483 e. The van der Waals surface area contributed by atoms with Gasteiger partial charge in [-0.1, -0.05) is 6.58 Å². The molecule has 1 fully saturated rings. The van der Waals surface area contributed by atoms with Gasteiger partial charge in [-0.3, -0.25) is 0 Å². The fraction of sp³-hybridized carbons (Fsp3) is 0.750. The van der Waals surface area contributed by atoms with Crippen LogP contribution >= 0.6 is 0 Å². The minimum atomic E-state index is -4.26. The van der Waals surface area contributed by atoms with Gasteiger partial charge in [-0.15, -0.1) is 0 Å². The van der Waals surface area contributed by atoms with Crippen molar-refractivity contribution in [3.8, 4) is 0 Å². The van der Waals surface area contributed by atoms with Crippen LogP contribution in [0.3, 0.4) is 0 Å². The van der Waals surface area contributed by atoms with Crippen LogP contribution in [0.2, 0.25) is 0 Å². The molecule has 0 heterocycles. The number of ether oxygens (including phenoxy) is 1. The van der Waals surface area contributed by atoms with Crippen LogP contribution in [-0.4, -0.2) is 11.8 Å². The topological polar surface area (TPSA) is 9.23 Å². The van der Waals surface area contributed by atoms with Gasteiger partial charge in [0.25, 0.3) is 0 Å². The van der Waals surface area contributed by atoms with Gasteiger partial charge in [0, 0.05) is 0 Å². The Labute approximate surface area is 69.2 Å². The van der Waals surface area contributed by atoms with E-state index in [1.807, 2.05) is 0 Å². The first-order valence-electron chi connectivity index (χ1n) is 3.79. The zero-order valence-electron chi connectivity index (χ0n) is 6.87. The van der Waals surface area contributed by atoms with E-state index in [4.69, 9.17) is 4.74 Å². The highest BCUT2D eigenvalue weighted by atomic mass is 19.4. The van der Waals surface area contributed by atoms with Crippen molar-refractivity contribution in [1.82, 2.24) is 0 Å². The van der Waals surface area contributed by atoms with Crippen LogP contribution in [0.25, 0.3) is 0 Å². The van der Waals surface area contributed by atoms with Gasteiger partial charge < -0.3 is 4.74 Å². The van der Waals surface area contributed by atoms with Crippen molar-refractivity contribution in [2.75, 3.05) is 0 Å². The van der Waals surface area contributed by atoms with Gasteiger partial charge in [-0.25, -0.2) is 0 Å².